The van der Waals surface area contributed by atoms with Gasteiger partial charge in [0.15, 0.2) is 0 Å². The molecule has 0 bridgehead atoms. The van der Waals surface area contributed by atoms with Crippen LogP contribution in [0.25, 0.3) is 0 Å². The Morgan fingerprint density at radius 3 is 2.41 bits per heavy atom. The quantitative estimate of drug-likeness (QED) is 0.700. The predicted molar refractivity (Wildman–Crippen MR) is 62.6 cm³/mol. The van der Waals surface area contributed by atoms with E-state index >= 15 is 0 Å². The second kappa shape index (κ2) is 5.49. The van der Waals surface area contributed by atoms with E-state index in [9.17, 15) is 9.59 Å². The van der Waals surface area contributed by atoms with E-state index in [0.29, 0.717) is 13.2 Å². The van der Waals surface area contributed by atoms with Crippen LogP contribution in [0.5, 0.6) is 0 Å². The van der Waals surface area contributed by atoms with Crippen LogP contribution in [0.4, 0.5) is 0 Å². The highest BCUT2D eigenvalue weighted by Gasteiger charge is 2.50. The first-order chi connectivity index (χ1) is 7.93. The van der Waals surface area contributed by atoms with Crippen molar-refractivity contribution >= 4 is 11.9 Å². The second-order valence-corrected chi connectivity index (χ2v) is 4.81. The minimum Gasteiger partial charge on any atom is -0.481 e. The molecule has 0 aromatic heterocycles. The molecule has 1 fully saturated rings. The Kier molecular flexibility index (Phi) is 4.51. The maximum absolute atomic E-state index is 12.0. The van der Waals surface area contributed by atoms with Crippen molar-refractivity contribution in [2.24, 2.45) is 11.3 Å². The van der Waals surface area contributed by atoms with Crippen LogP contribution < -0.4 is 5.32 Å². The van der Waals surface area contributed by atoms with Gasteiger partial charge in [-0.1, -0.05) is 0 Å². The lowest BCUT2D eigenvalue weighted by molar-refractivity contribution is -0.142. The third kappa shape index (κ3) is 3.43. The molecule has 0 radical (unpaired) electrons. The van der Waals surface area contributed by atoms with Gasteiger partial charge in [0.25, 0.3) is 0 Å². The smallest absolute Gasteiger partial charge is 0.308 e. The van der Waals surface area contributed by atoms with Crippen LogP contribution in [-0.2, 0) is 14.3 Å². The van der Waals surface area contributed by atoms with Crippen LogP contribution in [0.2, 0.25) is 0 Å². The number of hydrogen-bond donors (Lipinski definition) is 2. The van der Waals surface area contributed by atoms with Crippen LogP contribution in [0, 0.1) is 11.3 Å². The van der Waals surface area contributed by atoms with Gasteiger partial charge in [-0.25, -0.2) is 0 Å². The highest BCUT2D eigenvalue weighted by atomic mass is 16.5. The van der Waals surface area contributed by atoms with E-state index in [4.69, 9.17) is 9.84 Å². The van der Waals surface area contributed by atoms with Gasteiger partial charge in [-0.15, -0.1) is 0 Å². The van der Waals surface area contributed by atoms with E-state index < -0.39 is 17.3 Å². The van der Waals surface area contributed by atoms with E-state index in [1.165, 1.54) is 0 Å². The van der Waals surface area contributed by atoms with Crippen LogP contribution in [0.3, 0.4) is 0 Å². The van der Waals surface area contributed by atoms with Gasteiger partial charge in [-0.2, -0.15) is 0 Å². The highest BCUT2D eigenvalue weighted by Crippen LogP contribution is 2.46. The van der Waals surface area contributed by atoms with Gasteiger partial charge < -0.3 is 15.2 Å². The number of carboxylic acids is 1. The van der Waals surface area contributed by atoms with Crippen LogP contribution in [0.1, 0.15) is 33.6 Å². The normalized spacial score (nSPS) is 20.4. The number of nitrogens with one attached hydrogen (secondary N) is 1. The minimum absolute atomic E-state index is 0.0773. The lowest BCUT2D eigenvalue weighted by atomic mass is 10.0. The largest absolute Gasteiger partial charge is 0.481 e. The fourth-order valence-corrected chi connectivity index (χ4v) is 1.58. The Hall–Kier alpha value is -1.10. The van der Waals surface area contributed by atoms with Crippen LogP contribution in [-0.4, -0.2) is 36.2 Å². The van der Waals surface area contributed by atoms with E-state index in [2.05, 4.69) is 5.32 Å². The summed E-state index contributed by atoms with van der Waals surface area (Å²) in [6, 6.07) is -0.362. The van der Waals surface area contributed by atoms with Crippen molar-refractivity contribution in [2.75, 3.05) is 13.2 Å². The molecule has 17 heavy (non-hydrogen) atoms. The lowest BCUT2D eigenvalue weighted by Crippen LogP contribution is -2.44. The SMILES string of the molecule is CCOCC1(C(=O)NC(C)C(C)C(=O)O)CC1. The van der Waals surface area contributed by atoms with Crippen LogP contribution in [0.15, 0.2) is 0 Å². The van der Waals surface area contributed by atoms with Crippen molar-refractivity contribution in [2.45, 2.75) is 39.7 Å². The third-order valence-electron chi connectivity index (χ3n) is 3.42. The van der Waals surface area contributed by atoms with Crippen molar-refractivity contribution in [1.29, 1.82) is 0 Å². The number of carbonyl (C=O) groups excluding carboxylic acids is 1. The zero-order valence-corrected chi connectivity index (χ0v) is 10.7. The second-order valence-electron chi connectivity index (χ2n) is 4.81. The lowest BCUT2D eigenvalue weighted by Gasteiger charge is -2.21. The number of carboxylic acid groups (broad SMARTS) is 1. The summed E-state index contributed by atoms with van der Waals surface area (Å²) in [5, 5.41) is 11.6. The molecule has 5 heteroatoms. The summed E-state index contributed by atoms with van der Waals surface area (Å²) in [6.07, 6.45) is 1.65. The minimum atomic E-state index is -0.896. The van der Waals surface area contributed by atoms with Gasteiger partial charge in [-0.3, -0.25) is 9.59 Å². The first kappa shape index (κ1) is 14.0. The van der Waals surface area contributed by atoms with E-state index in [1.54, 1.807) is 13.8 Å². The molecule has 0 spiro atoms. The van der Waals surface area contributed by atoms with Crippen molar-refractivity contribution in [3.8, 4) is 0 Å². The third-order valence-corrected chi connectivity index (χ3v) is 3.42. The van der Waals surface area contributed by atoms with Gasteiger partial charge in [0, 0.05) is 12.6 Å². The fraction of sp³-hybridized carbons (Fsp3) is 0.833. The summed E-state index contributed by atoms with van der Waals surface area (Å²) >= 11 is 0. The molecular weight excluding hydrogens is 222 g/mol. The zero-order valence-electron chi connectivity index (χ0n) is 10.7. The fourth-order valence-electron chi connectivity index (χ4n) is 1.58. The highest BCUT2D eigenvalue weighted by molar-refractivity contribution is 5.86. The average molecular weight is 243 g/mol. The van der Waals surface area contributed by atoms with E-state index in [1.807, 2.05) is 6.92 Å². The molecule has 1 rings (SSSR count). The summed E-state index contributed by atoms with van der Waals surface area (Å²) < 4.78 is 5.29. The molecule has 2 unspecified atom stereocenters. The Balaban J connectivity index is 2.46. The molecular formula is C12H21NO4. The molecule has 0 saturated heterocycles. The monoisotopic (exact) mass is 243 g/mol. The molecule has 0 heterocycles. The summed E-state index contributed by atoms with van der Waals surface area (Å²) in [4.78, 5) is 22.8. The zero-order chi connectivity index (χ0) is 13.1. The van der Waals surface area contributed by atoms with Gasteiger partial charge in [-0.05, 0) is 33.6 Å². The van der Waals surface area contributed by atoms with E-state index in [-0.39, 0.29) is 11.9 Å². The van der Waals surface area contributed by atoms with Crippen molar-refractivity contribution in [3.05, 3.63) is 0 Å². The Morgan fingerprint density at radius 1 is 1.41 bits per heavy atom. The molecule has 2 atom stereocenters. The summed E-state index contributed by atoms with van der Waals surface area (Å²) in [7, 11) is 0. The molecule has 2 N–H and O–H groups in total. The molecule has 1 amide bonds. The van der Waals surface area contributed by atoms with Crippen LogP contribution >= 0.6 is 0 Å². The number of amides is 1. The van der Waals surface area contributed by atoms with Gasteiger partial charge in [0.1, 0.15) is 0 Å². The molecule has 98 valence electrons. The molecule has 1 aliphatic rings. The molecule has 5 nitrogen and oxygen atoms in total. The molecule has 0 aromatic rings. The summed E-state index contributed by atoms with van der Waals surface area (Å²) in [5.74, 6) is -1.55. The number of carbonyl (C=O) groups is 2. The van der Waals surface area contributed by atoms with Crippen molar-refractivity contribution < 1.29 is 19.4 Å². The summed E-state index contributed by atoms with van der Waals surface area (Å²) in [5.41, 5.74) is -0.400. The maximum Gasteiger partial charge on any atom is 0.308 e. The van der Waals surface area contributed by atoms with Crippen molar-refractivity contribution in [3.63, 3.8) is 0 Å². The predicted octanol–water partition coefficient (Wildman–Crippen LogP) is 1.03. The average Bonchev–Trinajstić information content (AvgIpc) is 3.06. The van der Waals surface area contributed by atoms with Gasteiger partial charge >= 0.3 is 5.97 Å². The molecule has 1 saturated carbocycles. The number of aliphatic carboxylic acids is 1. The number of hydrogen-bond acceptors (Lipinski definition) is 3. The first-order valence-electron chi connectivity index (χ1n) is 6.04. The van der Waals surface area contributed by atoms with Gasteiger partial charge in [0.05, 0.1) is 17.9 Å². The Morgan fingerprint density at radius 2 is 2.00 bits per heavy atom. The Bertz CT molecular complexity index is 299. The van der Waals surface area contributed by atoms with Gasteiger partial charge in [0.2, 0.25) is 5.91 Å². The first-order valence-corrected chi connectivity index (χ1v) is 6.04. The standard InChI is InChI=1S/C12H21NO4/c1-4-17-7-12(5-6-12)11(16)13-9(3)8(2)10(14)15/h8-9H,4-7H2,1-3H3,(H,13,16)(H,14,15). The summed E-state index contributed by atoms with van der Waals surface area (Å²) in [6.45, 7) is 6.23. The van der Waals surface area contributed by atoms with E-state index in [0.717, 1.165) is 12.8 Å². The topological polar surface area (TPSA) is 75.6 Å². The van der Waals surface area contributed by atoms with Crippen molar-refractivity contribution in [1.82, 2.24) is 5.32 Å². The molecule has 1 aliphatic carbocycles. The number of ether oxygens (including phenoxy) is 1. The molecule has 0 aliphatic heterocycles. The number of rotatable bonds is 7. The Labute approximate surface area is 102 Å². The molecule has 0 aromatic carbocycles. The maximum atomic E-state index is 12.0.